The van der Waals surface area contributed by atoms with Crippen LogP contribution in [0.25, 0.3) is 0 Å². The standard InChI is InChI=1S/C17H23NO2/c1-4-10-18-16(17-9-8-13(2)20-17)12-14-6-5-7-15(11-14)19-3/h5-9,11,16,18H,4,10,12H2,1-3H3. The number of hydrogen-bond acceptors (Lipinski definition) is 3. The lowest BCUT2D eigenvalue weighted by atomic mass is 10.0. The molecule has 1 atom stereocenters. The fraction of sp³-hybridized carbons (Fsp3) is 0.412. The summed E-state index contributed by atoms with van der Waals surface area (Å²) in [4.78, 5) is 0. The highest BCUT2D eigenvalue weighted by atomic mass is 16.5. The average molecular weight is 273 g/mol. The lowest BCUT2D eigenvalue weighted by Gasteiger charge is -2.17. The molecule has 3 heteroatoms. The van der Waals surface area contributed by atoms with E-state index >= 15 is 0 Å². The maximum absolute atomic E-state index is 5.78. The fourth-order valence-electron chi connectivity index (χ4n) is 2.27. The molecule has 1 aromatic heterocycles. The normalized spacial score (nSPS) is 12.3. The van der Waals surface area contributed by atoms with E-state index in [1.807, 2.05) is 25.1 Å². The molecule has 0 aliphatic heterocycles. The summed E-state index contributed by atoms with van der Waals surface area (Å²) in [6.45, 7) is 5.13. The van der Waals surface area contributed by atoms with E-state index in [9.17, 15) is 0 Å². The summed E-state index contributed by atoms with van der Waals surface area (Å²) in [6.07, 6.45) is 2.00. The van der Waals surface area contributed by atoms with Crippen LogP contribution >= 0.6 is 0 Å². The predicted octanol–water partition coefficient (Wildman–Crippen LogP) is 3.88. The molecule has 0 amide bonds. The SMILES string of the molecule is CCCNC(Cc1cccc(OC)c1)c1ccc(C)o1. The lowest BCUT2D eigenvalue weighted by Crippen LogP contribution is -2.23. The van der Waals surface area contributed by atoms with Gasteiger partial charge in [-0.1, -0.05) is 19.1 Å². The van der Waals surface area contributed by atoms with Gasteiger partial charge < -0.3 is 14.5 Å². The van der Waals surface area contributed by atoms with Crippen molar-refractivity contribution < 1.29 is 9.15 Å². The van der Waals surface area contributed by atoms with Crippen molar-refractivity contribution in [2.45, 2.75) is 32.7 Å². The van der Waals surface area contributed by atoms with E-state index < -0.39 is 0 Å². The van der Waals surface area contributed by atoms with E-state index in [1.165, 1.54) is 5.56 Å². The smallest absolute Gasteiger partial charge is 0.121 e. The van der Waals surface area contributed by atoms with Gasteiger partial charge in [-0.15, -0.1) is 0 Å². The minimum absolute atomic E-state index is 0.204. The van der Waals surface area contributed by atoms with E-state index in [1.54, 1.807) is 7.11 Å². The van der Waals surface area contributed by atoms with E-state index in [4.69, 9.17) is 9.15 Å². The maximum atomic E-state index is 5.78. The molecule has 1 unspecified atom stereocenters. The van der Waals surface area contributed by atoms with Gasteiger partial charge in [-0.05, 0) is 56.1 Å². The fourth-order valence-corrected chi connectivity index (χ4v) is 2.27. The van der Waals surface area contributed by atoms with Crippen LogP contribution in [0.15, 0.2) is 40.8 Å². The van der Waals surface area contributed by atoms with Gasteiger partial charge in [0.15, 0.2) is 0 Å². The molecule has 1 aromatic carbocycles. The second kappa shape index (κ2) is 7.15. The van der Waals surface area contributed by atoms with Crippen molar-refractivity contribution in [3.8, 4) is 5.75 Å². The van der Waals surface area contributed by atoms with Crippen LogP contribution in [0, 0.1) is 6.92 Å². The first-order valence-electron chi connectivity index (χ1n) is 7.15. The number of rotatable bonds is 7. The molecular weight excluding hydrogens is 250 g/mol. The second-order valence-corrected chi connectivity index (χ2v) is 5.01. The number of furan rings is 1. The Morgan fingerprint density at radius 2 is 2.10 bits per heavy atom. The van der Waals surface area contributed by atoms with Gasteiger partial charge in [0, 0.05) is 0 Å². The molecule has 0 radical (unpaired) electrons. The van der Waals surface area contributed by atoms with Gasteiger partial charge in [0.25, 0.3) is 0 Å². The zero-order chi connectivity index (χ0) is 14.4. The highest BCUT2D eigenvalue weighted by Crippen LogP contribution is 2.22. The summed E-state index contributed by atoms with van der Waals surface area (Å²) in [5.41, 5.74) is 1.24. The number of benzene rings is 1. The Morgan fingerprint density at radius 3 is 2.75 bits per heavy atom. The molecule has 2 aromatic rings. The Bertz CT molecular complexity index is 533. The lowest BCUT2D eigenvalue weighted by molar-refractivity contribution is 0.396. The molecule has 0 fully saturated rings. The Balaban J connectivity index is 2.14. The third kappa shape index (κ3) is 3.87. The summed E-state index contributed by atoms with van der Waals surface area (Å²) in [5.74, 6) is 2.85. The van der Waals surface area contributed by atoms with Gasteiger partial charge in [0.05, 0.1) is 13.2 Å². The van der Waals surface area contributed by atoms with Crippen LogP contribution in [0.1, 0.15) is 36.5 Å². The number of nitrogens with one attached hydrogen (secondary N) is 1. The van der Waals surface area contributed by atoms with Crippen LogP contribution in [-0.2, 0) is 6.42 Å². The zero-order valence-electron chi connectivity index (χ0n) is 12.5. The minimum Gasteiger partial charge on any atom is -0.497 e. The third-order valence-electron chi connectivity index (χ3n) is 3.32. The number of methoxy groups -OCH3 is 1. The summed E-state index contributed by atoms with van der Waals surface area (Å²) in [6, 6.07) is 12.5. The molecule has 0 spiro atoms. The largest absolute Gasteiger partial charge is 0.497 e. The Kier molecular flexibility index (Phi) is 5.24. The third-order valence-corrected chi connectivity index (χ3v) is 3.32. The van der Waals surface area contributed by atoms with Crippen molar-refractivity contribution >= 4 is 0 Å². The summed E-state index contributed by atoms with van der Waals surface area (Å²) < 4.78 is 11.1. The van der Waals surface area contributed by atoms with E-state index in [0.29, 0.717) is 0 Å². The first-order chi connectivity index (χ1) is 9.72. The highest BCUT2D eigenvalue weighted by molar-refractivity contribution is 5.29. The quantitative estimate of drug-likeness (QED) is 0.831. The Hall–Kier alpha value is -1.74. The van der Waals surface area contributed by atoms with Crippen molar-refractivity contribution in [1.82, 2.24) is 5.32 Å². The van der Waals surface area contributed by atoms with Crippen LogP contribution in [0.5, 0.6) is 5.75 Å². The second-order valence-electron chi connectivity index (χ2n) is 5.01. The molecule has 2 rings (SSSR count). The number of aryl methyl sites for hydroxylation is 1. The molecule has 20 heavy (non-hydrogen) atoms. The molecule has 3 nitrogen and oxygen atoms in total. The topological polar surface area (TPSA) is 34.4 Å². The van der Waals surface area contributed by atoms with Crippen molar-refractivity contribution in [1.29, 1.82) is 0 Å². The highest BCUT2D eigenvalue weighted by Gasteiger charge is 2.15. The predicted molar refractivity (Wildman–Crippen MR) is 81.2 cm³/mol. The number of ether oxygens (including phenoxy) is 1. The van der Waals surface area contributed by atoms with Crippen molar-refractivity contribution in [2.75, 3.05) is 13.7 Å². The van der Waals surface area contributed by atoms with Gasteiger partial charge in [0.2, 0.25) is 0 Å². The summed E-state index contributed by atoms with van der Waals surface area (Å²) in [7, 11) is 1.70. The zero-order valence-corrected chi connectivity index (χ0v) is 12.5. The van der Waals surface area contributed by atoms with Gasteiger partial charge >= 0.3 is 0 Å². The molecular formula is C17H23NO2. The average Bonchev–Trinajstić information content (AvgIpc) is 2.90. The van der Waals surface area contributed by atoms with Crippen LogP contribution in [0.4, 0.5) is 0 Å². The Morgan fingerprint density at radius 1 is 1.25 bits per heavy atom. The molecule has 0 aliphatic rings. The first-order valence-corrected chi connectivity index (χ1v) is 7.15. The maximum Gasteiger partial charge on any atom is 0.121 e. The van der Waals surface area contributed by atoms with Gasteiger partial charge in [0.1, 0.15) is 17.3 Å². The van der Waals surface area contributed by atoms with Crippen molar-refractivity contribution in [3.63, 3.8) is 0 Å². The monoisotopic (exact) mass is 273 g/mol. The Labute approximate surface area is 121 Å². The van der Waals surface area contributed by atoms with Crippen molar-refractivity contribution in [2.24, 2.45) is 0 Å². The molecule has 1 heterocycles. The van der Waals surface area contributed by atoms with E-state index in [0.717, 1.165) is 36.7 Å². The van der Waals surface area contributed by atoms with Crippen LogP contribution in [0.3, 0.4) is 0 Å². The minimum atomic E-state index is 0.204. The molecule has 0 aliphatic carbocycles. The van der Waals surface area contributed by atoms with E-state index in [2.05, 4.69) is 30.4 Å². The van der Waals surface area contributed by atoms with Crippen LogP contribution < -0.4 is 10.1 Å². The molecule has 1 N–H and O–H groups in total. The number of hydrogen-bond donors (Lipinski definition) is 1. The van der Waals surface area contributed by atoms with E-state index in [-0.39, 0.29) is 6.04 Å². The van der Waals surface area contributed by atoms with Crippen LogP contribution in [0.2, 0.25) is 0 Å². The van der Waals surface area contributed by atoms with Crippen molar-refractivity contribution in [3.05, 3.63) is 53.5 Å². The van der Waals surface area contributed by atoms with Gasteiger partial charge in [-0.25, -0.2) is 0 Å². The molecule has 0 saturated heterocycles. The molecule has 0 bridgehead atoms. The summed E-state index contributed by atoms with van der Waals surface area (Å²) >= 11 is 0. The van der Waals surface area contributed by atoms with Crippen LogP contribution in [-0.4, -0.2) is 13.7 Å². The van der Waals surface area contributed by atoms with Gasteiger partial charge in [-0.2, -0.15) is 0 Å². The molecule has 0 saturated carbocycles. The van der Waals surface area contributed by atoms with Gasteiger partial charge in [-0.3, -0.25) is 0 Å². The molecule has 108 valence electrons. The first kappa shape index (κ1) is 14.7. The summed E-state index contributed by atoms with van der Waals surface area (Å²) in [5, 5.41) is 3.55.